The highest BCUT2D eigenvalue weighted by molar-refractivity contribution is 14.0. The molecule has 0 bridgehead atoms. The van der Waals surface area contributed by atoms with Crippen molar-refractivity contribution >= 4 is 29.9 Å². The van der Waals surface area contributed by atoms with E-state index in [4.69, 9.17) is 9.73 Å². The summed E-state index contributed by atoms with van der Waals surface area (Å²) >= 11 is 0. The lowest BCUT2D eigenvalue weighted by Gasteiger charge is -2.27. The molecule has 0 spiro atoms. The molecule has 0 aliphatic heterocycles. The van der Waals surface area contributed by atoms with Crippen molar-refractivity contribution in [1.29, 1.82) is 0 Å². The molecule has 2 rings (SSSR count). The number of hydrogen-bond donors (Lipinski definition) is 2. The SMILES string of the molecule is CCNC(=NCC1(CCOCC)CCCC1)NCCn1cnnc1CC.I. The first-order valence-electron chi connectivity index (χ1n) is 10.2. The average molecular weight is 492 g/mol. The predicted molar refractivity (Wildman–Crippen MR) is 121 cm³/mol. The lowest BCUT2D eigenvalue weighted by molar-refractivity contribution is 0.107. The van der Waals surface area contributed by atoms with E-state index in [1.54, 1.807) is 6.33 Å². The highest BCUT2D eigenvalue weighted by Gasteiger charge is 2.33. The average Bonchev–Trinajstić information content (AvgIpc) is 3.29. The van der Waals surface area contributed by atoms with Crippen LogP contribution in [0.5, 0.6) is 0 Å². The van der Waals surface area contributed by atoms with Crippen molar-refractivity contribution in [3.8, 4) is 0 Å². The van der Waals surface area contributed by atoms with Gasteiger partial charge in [0.1, 0.15) is 12.2 Å². The molecule has 0 radical (unpaired) electrons. The smallest absolute Gasteiger partial charge is 0.191 e. The summed E-state index contributed by atoms with van der Waals surface area (Å²) in [5, 5.41) is 14.9. The summed E-state index contributed by atoms with van der Waals surface area (Å²) in [5.41, 5.74) is 0.321. The molecular formula is C19H37IN6O. The van der Waals surface area contributed by atoms with Gasteiger partial charge in [-0.1, -0.05) is 19.8 Å². The summed E-state index contributed by atoms with van der Waals surface area (Å²) in [6.45, 7) is 11.3. The van der Waals surface area contributed by atoms with Gasteiger partial charge in [-0.3, -0.25) is 4.99 Å². The maximum absolute atomic E-state index is 5.61. The number of nitrogens with zero attached hydrogens (tertiary/aromatic N) is 4. The van der Waals surface area contributed by atoms with Crippen molar-refractivity contribution in [2.24, 2.45) is 10.4 Å². The van der Waals surface area contributed by atoms with Crippen LogP contribution >= 0.6 is 24.0 Å². The molecule has 0 atom stereocenters. The molecule has 1 aliphatic carbocycles. The second-order valence-corrected chi connectivity index (χ2v) is 7.07. The third-order valence-corrected chi connectivity index (χ3v) is 5.22. The van der Waals surface area contributed by atoms with Gasteiger partial charge in [-0.05, 0) is 38.5 Å². The van der Waals surface area contributed by atoms with Gasteiger partial charge in [0.05, 0.1) is 0 Å². The number of aromatic nitrogens is 3. The molecule has 1 aromatic heterocycles. The zero-order valence-corrected chi connectivity index (χ0v) is 19.5. The van der Waals surface area contributed by atoms with Crippen molar-refractivity contribution in [2.75, 3.05) is 32.8 Å². The van der Waals surface area contributed by atoms with Crippen molar-refractivity contribution < 1.29 is 4.74 Å². The number of aliphatic imine (C=N–C) groups is 1. The normalized spacial score (nSPS) is 16.2. The lowest BCUT2D eigenvalue weighted by Crippen LogP contribution is -2.40. The zero-order valence-electron chi connectivity index (χ0n) is 17.2. The van der Waals surface area contributed by atoms with E-state index in [1.807, 2.05) is 0 Å². The zero-order chi connectivity index (χ0) is 18.7. The maximum Gasteiger partial charge on any atom is 0.191 e. The largest absolute Gasteiger partial charge is 0.382 e. The van der Waals surface area contributed by atoms with Gasteiger partial charge in [0.2, 0.25) is 0 Å². The number of hydrogen-bond acceptors (Lipinski definition) is 4. The third-order valence-electron chi connectivity index (χ3n) is 5.22. The van der Waals surface area contributed by atoms with E-state index in [0.717, 1.165) is 64.0 Å². The fourth-order valence-corrected chi connectivity index (χ4v) is 3.67. The quantitative estimate of drug-likeness (QED) is 0.215. The highest BCUT2D eigenvalue weighted by Crippen LogP contribution is 2.41. The maximum atomic E-state index is 5.61. The molecule has 0 saturated heterocycles. The Bertz CT molecular complexity index is 542. The van der Waals surface area contributed by atoms with Crippen LogP contribution in [0, 0.1) is 5.41 Å². The van der Waals surface area contributed by atoms with E-state index in [1.165, 1.54) is 25.7 Å². The fraction of sp³-hybridized carbons (Fsp3) is 0.842. The second kappa shape index (κ2) is 13.3. The molecule has 2 N–H and O–H groups in total. The molecule has 0 aromatic carbocycles. The van der Waals surface area contributed by atoms with Gasteiger partial charge in [-0.2, -0.15) is 0 Å². The standard InChI is InChI=1S/C19H36N6O.HI/c1-4-17-24-23-16-25(17)13-12-21-18(20-5-2)22-15-19(9-7-8-10-19)11-14-26-6-3;/h16H,4-15H2,1-3H3,(H2,20,21,22);1H. The molecule has 156 valence electrons. The van der Waals surface area contributed by atoms with E-state index < -0.39 is 0 Å². The summed E-state index contributed by atoms with van der Waals surface area (Å²) < 4.78 is 7.70. The van der Waals surface area contributed by atoms with Crippen LogP contribution in [-0.4, -0.2) is 53.6 Å². The monoisotopic (exact) mass is 492 g/mol. The minimum absolute atomic E-state index is 0. The van der Waals surface area contributed by atoms with Gasteiger partial charge in [0.25, 0.3) is 0 Å². The number of rotatable bonds is 11. The van der Waals surface area contributed by atoms with Crippen LogP contribution in [0.15, 0.2) is 11.3 Å². The Hall–Kier alpha value is -0.900. The summed E-state index contributed by atoms with van der Waals surface area (Å²) in [7, 11) is 0. The predicted octanol–water partition coefficient (Wildman–Crippen LogP) is 3.00. The highest BCUT2D eigenvalue weighted by atomic mass is 127. The minimum atomic E-state index is 0. The molecule has 0 amide bonds. The summed E-state index contributed by atoms with van der Waals surface area (Å²) in [6, 6.07) is 0. The van der Waals surface area contributed by atoms with Crippen LogP contribution in [0.2, 0.25) is 0 Å². The Morgan fingerprint density at radius 3 is 2.70 bits per heavy atom. The molecule has 1 saturated carbocycles. The number of guanidine groups is 1. The molecule has 27 heavy (non-hydrogen) atoms. The molecule has 1 aromatic rings. The van der Waals surface area contributed by atoms with Gasteiger partial charge in [0.15, 0.2) is 5.96 Å². The molecule has 0 unspecified atom stereocenters. The second-order valence-electron chi connectivity index (χ2n) is 7.07. The first kappa shape index (κ1) is 24.1. The van der Waals surface area contributed by atoms with Gasteiger partial charge >= 0.3 is 0 Å². The summed E-state index contributed by atoms with van der Waals surface area (Å²) in [5.74, 6) is 1.93. The Balaban J connectivity index is 0.00000364. The van der Waals surface area contributed by atoms with Crippen LogP contribution in [0.25, 0.3) is 0 Å². The van der Waals surface area contributed by atoms with Gasteiger partial charge in [0, 0.05) is 45.8 Å². The number of halogens is 1. The third kappa shape index (κ3) is 7.93. The molecule has 8 heteroatoms. The van der Waals surface area contributed by atoms with E-state index in [9.17, 15) is 0 Å². The van der Waals surface area contributed by atoms with E-state index in [2.05, 4.69) is 46.2 Å². The molecular weight excluding hydrogens is 455 g/mol. The van der Waals surface area contributed by atoms with Crippen LogP contribution in [-0.2, 0) is 17.7 Å². The van der Waals surface area contributed by atoms with Crippen LogP contribution in [0.3, 0.4) is 0 Å². The number of nitrogens with one attached hydrogen (secondary N) is 2. The molecule has 1 aliphatic rings. The van der Waals surface area contributed by atoms with Gasteiger partial charge in [-0.25, -0.2) is 0 Å². The van der Waals surface area contributed by atoms with Gasteiger partial charge < -0.3 is 19.9 Å². The van der Waals surface area contributed by atoms with E-state index in [-0.39, 0.29) is 24.0 Å². The Morgan fingerprint density at radius 2 is 2.04 bits per heavy atom. The number of ether oxygens (including phenoxy) is 1. The molecule has 1 heterocycles. The molecule has 7 nitrogen and oxygen atoms in total. The summed E-state index contributed by atoms with van der Waals surface area (Å²) in [6.07, 6.45) is 8.98. The number of aryl methyl sites for hydroxylation is 1. The minimum Gasteiger partial charge on any atom is -0.382 e. The summed E-state index contributed by atoms with van der Waals surface area (Å²) in [4.78, 5) is 4.91. The van der Waals surface area contributed by atoms with Crippen molar-refractivity contribution in [3.05, 3.63) is 12.2 Å². The van der Waals surface area contributed by atoms with E-state index >= 15 is 0 Å². The van der Waals surface area contributed by atoms with Crippen LogP contribution < -0.4 is 10.6 Å². The topological polar surface area (TPSA) is 76.4 Å². The van der Waals surface area contributed by atoms with E-state index in [0.29, 0.717) is 5.41 Å². The van der Waals surface area contributed by atoms with Crippen LogP contribution in [0.4, 0.5) is 0 Å². The fourth-order valence-electron chi connectivity index (χ4n) is 3.67. The first-order valence-corrected chi connectivity index (χ1v) is 10.2. The van der Waals surface area contributed by atoms with Crippen LogP contribution in [0.1, 0.15) is 58.7 Å². The Kier molecular flexibility index (Phi) is 11.9. The van der Waals surface area contributed by atoms with Crippen molar-refractivity contribution in [3.63, 3.8) is 0 Å². The van der Waals surface area contributed by atoms with Crippen molar-refractivity contribution in [1.82, 2.24) is 25.4 Å². The molecule has 1 fully saturated rings. The Labute approximate surface area is 181 Å². The van der Waals surface area contributed by atoms with Crippen molar-refractivity contribution in [2.45, 2.75) is 65.8 Å². The lowest BCUT2D eigenvalue weighted by atomic mass is 9.83. The van der Waals surface area contributed by atoms with Gasteiger partial charge in [-0.15, -0.1) is 34.2 Å². The Morgan fingerprint density at radius 1 is 1.26 bits per heavy atom. The first-order chi connectivity index (χ1) is 12.7.